The second kappa shape index (κ2) is 5.02. The zero-order chi connectivity index (χ0) is 13.2. The Bertz CT molecular complexity index is 388. The summed E-state index contributed by atoms with van der Waals surface area (Å²) in [4.78, 5) is 0. The first-order valence-corrected chi connectivity index (χ1v) is 6.85. The predicted molar refractivity (Wildman–Crippen MR) is 75.8 cm³/mol. The van der Waals surface area contributed by atoms with Crippen LogP contribution >= 0.6 is 0 Å². The van der Waals surface area contributed by atoms with Gasteiger partial charge in [0.05, 0.1) is 5.60 Å². The molecule has 100 valence electrons. The highest BCUT2D eigenvalue weighted by molar-refractivity contribution is 5.29. The van der Waals surface area contributed by atoms with Crippen molar-refractivity contribution < 1.29 is 4.74 Å². The lowest BCUT2D eigenvalue weighted by Crippen LogP contribution is -2.33. The molecule has 1 saturated heterocycles. The number of ether oxygens (including phenoxy) is 1. The van der Waals surface area contributed by atoms with Crippen LogP contribution in [0, 0.1) is 0 Å². The number of rotatable bonds is 4. The molecule has 1 aliphatic heterocycles. The summed E-state index contributed by atoms with van der Waals surface area (Å²) < 4.78 is 5.48. The molecule has 1 aromatic carbocycles. The quantitative estimate of drug-likeness (QED) is 0.882. The molecule has 0 aromatic heterocycles. The van der Waals surface area contributed by atoms with Gasteiger partial charge in [-0.3, -0.25) is 0 Å². The lowest BCUT2D eigenvalue weighted by atomic mass is 9.89. The Morgan fingerprint density at radius 2 is 1.94 bits per heavy atom. The molecular weight excluding hydrogens is 222 g/mol. The SMILES string of the molecule is COC(C)(C)Cc1ccc(C2(C)CCCN2)cc1. The second-order valence-electron chi connectivity index (χ2n) is 6.20. The molecule has 18 heavy (non-hydrogen) atoms. The smallest absolute Gasteiger partial charge is 0.0662 e. The van der Waals surface area contributed by atoms with Crippen molar-refractivity contribution in [1.82, 2.24) is 5.32 Å². The van der Waals surface area contributed by atoms with Crippen LogP contribution < -0.4 is 5.32 Å². The average Bonchev–Trinajstić information content (AvgIpc) is 2.78. The third-order valence-corrected chi connectivity index (χ3v) is 4.14. The Balaban J connectivity index is 2.10. The van der Waals surface area contributed by atoms with E-state index >= 15 is 0 Å². The van der Waals surface area contributed by atoms with E-state index in [0.29, 0.717) is 0 Å². The summed E-state index contributed by atoms with van der Waals surface area (Å²) in [5, 5.41) is 3.60. The monoisotopic (exact) mass is 247 g/mol. The van der Waals surface area contributed by atoms with E-state index in [2.05, 4.69) is 50.4 Å². The van der Waals surface area contributed by atoms with Crippen molar-refractivity contribution in [1.29, 1.82) is 0 Å². The first kappa shape index (κ1) is 13.6. The fourth-order valence-corrected chi connectivity index (χ4v) is 2.70. The van der Waals surface area contributed by atoms with Crippen molar-refractivity contribution in [3.05, 3.63) is 35.4 Å². The third-order valence-electron chi connectivity index (χ3n) is 4.14. The van der Waals surface area contributed by atoms with Gasteiger partial charge in [-0.15, -0.1) is 0 Å². The fraction of sp³-hybridized carbons (Fsp3) is 0.625. The standard InChI is InChI=1S/C16H25NO/c1-15(2,18-4)12-13-6-8-14(9-7-13)16(3)10-5-11-17-16/h6-9,17H,5,10-12H2,1-4H3. The summed E-state index contributed by atoms with van der Waals surface area (Å²) in [5.74, 6) is 0. The molecule has 0 spiro atoms. The van der Waals surface area contributed by atoms with E-state index in [1.807, 2.05) is 0 Å². The summed E-state index contributed by atoms with van der Waals surface area (Å²) in [6.07, 6.45) is 3.46. The molecule has 1 aliphatic rings. The lowest BCUT2D eigenvalue weighted by molar-refractivity contribution is 0.0232. The first-order valence-electron chi connectivity index (χ1n) is 6.85. The largest absolute Gasteiger partial charge is 0.378 e. The molecule has 2 rings (SSSR count). The van der Waals surface area contributed by atoms with Gasteiger partial charge in [-0.1, -0.05) is 24.3 Å². The Hall–Kier alpha value is -0.860. The van der Waals surface area contributed by atoms with Gasteiger partial charge in [0.1, 0.15) is 0 Å². The maximum absolute atomic E-state index is 5.48. The number of hydrogen-bond acceptors (Lipinski definition) is 2. The molecular formula is C16H25NO. The molecule has 1 heterocycles. The molecule has 1 unspecified atom stereocenters. The second-order valence-corrected chi connectivity index (χ2v) is 6.20. The number of nitrogens with one attached hydrogen (secondary N) is 1. The van der Waals surface area contributed by atoms with E-state index in [0.717, 1.165) is 13.0 Å². The molecule has 1 N–H and O–H groups in total. The van der Waals surface area contributed by atoms with E-state index < -0.39 is 0 Å². The molecule has 0 radical (unpaired) electrons. The Morgan fingerprint density at radius 1 is 1.28 bits per heavy atom. The van der Waals surface area contributed by atoms with Crippen LogP contribution in [-0.2, 0) is 16.7 Å². The predicted octanol–water partition coefficient (Wildman–Crippen LogP) is 3.25. The summed E-state index contributed by atoms with van der Waals surface area (Å²) >= 11 is 0. The topological polar surface area (TPSA) is 21.3 Å². The van der Waals surface area contributed by atoms with Crippen molar-refractivity contribution in [2.75, 3.05) is 13.7 Å². The van der Waals surface area contributed by atoms with Crippen LogP contribution in [0.25, 0.3) is 0 Å². The van der Waals surface area contributed by atoms with Crippen LogP contribution in [0.2, 0.25) is 0 Å². The highest BCUT2D eigenvalue weighted by Crippen LogP contribution is 2.30. The molecule has 0 aliphatic carbocycles. The van der Waals surface area contributed by atoms with Crippen molar-refractivity contribution in [2.45, 2.75) is 51.2 Å². The summed E-state index contributed by atoms with van der Waals surface area (Å²) in [6, 6.07) is 9.00. The van der Waals surface area contributed by atoms with Gasteiger partial charge in [0.15, 0.2) is 0 Å². The molecule has 1 atom stereocenters. The van der Waals surface area contributed by atoms with Gasteiger partial charge in [0, 0.05) is 19.1 Å². The molecule has 1 fully saturated rings. The summed E-state index contributed by atoms with van der Waals surface area (Å²) in [7, 11) is 1.78. The van der Waals surface area contributed by atoms with Gasteiger partial charge in [-0.25, -0.2) is 0 Å². The molecule has 0 amide bonds. The van der Waals surface area contributed by atoms with Crippen molar-refractivity contribution >= 4 is 0 Å². The maximum Gasteiger partial charge on any atom is 0.0662 e. The molecule has 1 aromatic rings. The van der Waals surface area contributed by atoms with Gasteiger partial charge < -0.3 is 10.1 Å². The summed E-state index contributed by atoms with van der Waals surface area (Å²) in [5.41, 5.74) is 2.83. The van der Waals surface area contributed by atoms with Crippen LogP contribution in [-0.4, -0.2) is 19.3 Å². The minimum absolute atomic E-state index is 0.0863. The highest BCUT2D eigenvalue weighted by Gasteiger charge is 2.29. The molecule has 2 heteroatoms. The fourth-order valence-electron chi connectivity index (χ4n) is 2.70. The first-order chi connectivity index (χ1) is 8.45. The highest BCUT2D eigenvalue weighted by atomic mass is 16.5. The Morgan fingerprint density at radius 3 is 2.44 bits per heavy atom. The maximum atomic E-state index is 5.48. The van der Waals surface area contributed by atoms with Gasteiger partial charge in [-0.05, 0) is 51.3 Å². The van der Waals surface area contributed by atoms with Crippen LogP contribution in [0.3, 0.4) is 0 Å². The van der Waals surface area contributed by atoms with Crippen LogP contribution in [0.1, 0.15) is 44.7 Å². The van der Waals surface area contributed by atoms with Gasteiger partial charge in [-0.2, -0.15) is 0 Å². The normalized spacial score (nSPS) is 24.4. The van der Waals surface area contributed by atoms with E-state index in [1.54, 1.807) is 7.11 Å². The average molecular weight is 247 g/mol. The molecule has 0 bridgehead atoms. The minimum Gasteiger partial charge on any atom is -0.378 e. The van der Waals surface area contributed by atoms with Crippen molar-refractivity contribution in [2.24, 2.45) is 0 Å². The van der Waals surface area contributed by atoms with Gasteiger partial charge in [0.2, 0.25) is 0 Å². The number of benzene rings is 1. The van der Waals surface area contributed by atoms with Gasteiger partial charge >= 0.3 is 0 Å². The zero-order valence-corrected chi connectivity index (χ0v) is 12.0. The van der Waals surface area contributed by atoms with Gasteiger partial charge in [0.25, 0.3) is 0 Å². The van der Waals surface area contributed by atoms with E-state index in [-0.39, 0.29) is 11.1 Å². The summed E-state index contributed by atoms with van der Waals surface area (Å²) in [6.45, 7) is 7.69. The molecule has 2 nitrogen and oxygen atoms in total. The van der Waals surface area contributed by atoms with E-state index in [1.165, 1.54) is 24.0 Å². The molecule has 0 saturated carbocycles. The number of hydrogen-bond donors (Lipinski definition) is 1. The lowest BCUT2D eigenvalue weighted by Gasteiger charge is -2.26. The van der Waals surface area contributed by atoms with Crippen LogP contribution in [0.15, 0.2) is 24.3 Å². The van der Waals surface area contributed by atoms with E-state index in [4.69, 9.17) is 4.74 Å². The number of methoxy groups -OCH3 is 1. The third kappa shape index (κ3) is 2.93. The van der Waals surface area contributed by atoms with Crippen molar-refractivity contribution in [3.63, 3.8) is 0 Å². The Labute approximate surface area is 111 Å². The Kier molecular flexibility index (Phi) is 3.79. The van der Waals surface area contributed by atoms with Crippen molar-refractivity contribution in [3.8, 4) is 0 Å². The van der Waals surface area contributed by atoms with Crippen LogP contribution in [0.5, 0.6) is 0 Å². The van der Waals surface area contributed by atoms with Crippen LogP contribution in [0.4, 0.5) is 0 Å². The zero-order valence-electron chi connectivity index (χ0n) is 12.0. The minimum atomic E-state index is -0.0863. The van der Waals surface area contributed by atoms with E-state index in [9.17, 15) is 0 Å².